The average molecular weight is 535 g/mol. The van der Waals surface area contributed by atoms with Gasteiger partial charge in [-0.05, 0) is 24.9 Å². The van der Waals surface area contributed by atoms with Crippen LogP contribution in [0.5, 0.6) is 0 Å². The zero-order valence-corrected chi connectivity index (χ0v) is 20.4. The van der Waals surface area contributed by atoms with Gasteiger partial charge in [-0.3, -0.25) is 9.89 Å². The molecular weight excluding hydrogens is 501 g/mol. The molecule has 29 heavy (non-hydrogen) atoms. The monoisotopic (exact) mass is 535 g/mol. The van der Waals surface area contributed by atoms with Crippen LogP contribution in [0, 0.1) is 0 Å². The molecule has 7 nitrogen and oxygen atoms in total. The van der Waals surface area contributed by atoms with Crippen LogP contribution in [0.25, 0.3) is 0 Å². The molecule has 1 unspecified atom stereocenters. The van der Waals surface area contributed by atoms with Gasteiger partial charge in [-0.25, -0.2) is 8.42 Å². The molecule has 0 aromatic heterocycles. The van der Waals surface area contributed by atoms with E-state index in [0.29, 0.717) is 12.4 Å². The number of piperazine rings is 1. The van der Waals surface area contributed by atoms with Gasteiger partial charge in [-0.15, -0.1) is 24.0 Å². The van der Waals surface area contributed by atoms with Gasteiger partial charge < -0.3 is 15.5 Å². The largest absolute Gasteiger partial charge is 0.356 e. The van der Waals surface area contributed by atoms with Crippen molar-refractivity contribution in [2.24, 2.45) is 4.99 Å². The highest BCUT2D eigenvalue weighted by Gasteiger charge is 2.28. The van der Waals surface area contributed by atoms with Crippen LogP contribution in [0.3, 0.4) is 0 Å². The van der Waals surface area contributed by atoms with Crippen LogP contribution < -0.4 is 10.6 Å². The smallest absolute Gasteiger partial charge is 0.191 e. The van der Waals surface area contributed by atoms with E-state index in [1.807, 2.05) is 0 Å². The van der Waals surface area contributed by atoms with Gasteiger partial charge in [-0.1, -0.05) is 30.3 Å². The first-order valence-corrected chi connectivity index (χ1v) is 12.0. The van der Waals surface area contributed by atoms with E-state index in [1.54, 1.807) is 7.05 Å². The highest BCUT2D eigenvalue weighted by molar-refractivity contribution is 14.0. The summed E-state index contributed by atoms with van der Waals surface area (Å²) in [5.74, 6) is 1.19. The van der Waals surface area contributed by atoms with Gasteiger partial charge in [0, 0.05) is 52.4 Å². The molecule has 2 aliphatic heterocycles. The van der Waals surface area contributed by atoms with Crippen molar-refractivity contribution in [1.29, 1.82) is 0 Å². The van der Waals surface area contributed by atoms with Crippen molar-refractivity contribution >= 4 is 39.8 Å². The predicted octanol–water partition coefficient (Wildman–Crippen LogP) is 1.16. The summed E-state index contributed by atoms with van der Waals surface area (Å²) in [5.41, 5.74) is 1.38. The van der Waals surface area contributed by atoms with E-state index >= 15 is 0 Å². The normalized spacial score (nSPS) is 22.8. The Bertz CT molecular complexity index is 736. The molecule has 0 saturated carbocycles. The highest BCUT2D eigenvalue weighted by Crippen LogP contribution is 2.11. The minimum Gasteiger partial charge on any atom is -0.356 e. The van der Waals surface area contributed by atoms with Crippen molar-refractivity contribution in [1.82, 2.24) is 20.4 Å². The maximum atomic E-state index is 11.6. The van der Waals surface area contributed by atoms with E-state index in [9.17, 15) is 8.42 Å². The minimum absolute atomic E-state index is 0. The Kier molecular flexibility index (Phi) is 10.1. The van der Waals surface area contributed by atoms with Gasteiger partial charge in [-0.2, -0.15) is 0 Å². The molecule has 0 spiro atoms. The Morgan fingerprint density at radius 1 is 1.14 bits per heavy atom. The molecule has 0 radical (unpaired) electrons. The van der Waals surface area contributed by atoms with Crippen molar-refractivity contribution in [2.45, 2.75) is 25.4 Å². The molecule has 164 valence electrons. The van der Waals surface area contributed by atoms with E-state index in [-0.39, 0.29) is 41.5 Å². The van der Waals surface area contributed by atoms with E-state index < -0.39 is 9.84 Å². The summed E-state index contributed by atoms with van der Waals surface area (Å²) in [6.07, 6.45) is 1.71. The summed E-state index contributed by atoms with van der Waals surface area (Å²) < 4.78 is 23.1. The summed E-state index contributed by atoms with van der Waals surface area (Å²) in [6.45, 7) is 7.39. The van der Waals surface area contributed by atoms with Crippen molar-refractivity contribution in [3.05, 3.63) is 35.9 Å². The second-order valence-electron chi connectivity index (χ2n) is 7.70. The van der Waals surface area contributed by atoms with Gasteiger partial charge in [0.25, 0.3) is 0 Å². The SMILES string of the molecule is CN=C(NCCCN1CCN(Cc2ccccc2)CC1)NC1CCS(=O)(=O)C1.I. The number of halogens is 1. The molecule has 9 heteroatoms. The lowest BCUT2D eigenvalue weighted by Gasteiger charge is -2.34. The number of sulfone groups is 1. The lowest BCUT2D eigenvalue weighted by molar-refractivity contribution is 0.126. The summed E-state index contributed by atoms with van der Waals surface area (Å²) in [6, 6.07) is 10.6. The van der Waals surface area contributed by atoms with Gasteiger partial charge in [0.05, 0.1) is 11.5 Å². The molecular formula is C20H34IN5O2S. The third-order valence-corrected chi connectivity index (χ3v) is 7.22. The molecule has 1 atom stereocenters. The number of guanidine groups is 1. The minimum atomic E-state index is -2.87. The van der Waals surface area contributed by atoms with Crippen LogP contribution in [0.1, 0.15) is 18.4 Å². The summed E-state index contributed by atoms with van der Waals surface area (Å²) >= 11 is 0. The zero-order chi connectivity index (χ0) is 19.8. The van der Waals surface area contributed by atoms with Gasteiger partial charge in [0.2, 0.25) is 0 Å². The van der Waals surface area contributed by atoms with Crippen LogP contribution in [0.2, 0.25) is 0 Å². The van der Waals surface area contributed by atoms with Crippen molar-refractivity contribution in [2.75, 3.05) is 57.8 Å². The molecule has 1 aromatic carbocycles. The molecule has 3 rings (SSSR count). The van der Waals surface area contributed by atoms with E-state index in [2.05, 4.69) is 55.8 Å². The lowest BCUT2D eigenvalue weighted by Crippen LogP contribution is -2.47. The molecule has 2 saturated heterocycles. The van der Waals surface area contributed by atoms with E-state index in [1.165, 1.54) is 5.56 Å². The van der Waals surface area contributed by atoms with Crippen molar-refractivity contribution in [3.63, 3.8) is 0 Å². The number of nitrogens with one attached hydrogen (secondary N) is 2. The fourth-order valence-corrected chi connectivity index (χ4v) is 5.49. The van der Waals surface area contributed by atoms with Crippen LogP contribution in [-0.2, 0) is 16.4 Å². The standard InChI is InChI=1S/C20H33N5O2S.HI/c1-21-20(23-19-8-15-28(26,27)17-19)22-9-5-10-24-11-13-25(14-12-24)16-18-6-3-2-4-7-18;/h2-4,6-7,19H,5,8-17H2,1H3,(H2,21,22,23);1H. The Hall–Kier alpha value is -0.910. The molecule has 2 N–H and O–H groups in total. The summed E-state index contributed by atoms with van der Waals surface area (Å²) in [7, 11) is -1.14. The molecule has 2 fully saturated rings. The Morgan fingerprint density at radius 2 is 1.83 bits per heavy atom. The number of hydrogen-bond donors (Lipinski definition) is 2. The molecule has 2 heterocycles. The number of rotatable bonds is 7. The van der Waals surface area contributed by atoms with E-state index in [0.717, 1.165) is 52.2 Å². The van der Waals surface area contributed by atoms with Gasteiger partial charge in [0.1, 0.15) is 0 Å². The number of hydrogen-bond acceptors (Lipinski definition) is 5. The van der Waals surface area contributed by atoms with Gasteiger partial charge in [0.15, 0.2) is 15.8 Å². The highest BCUT2D eigenvalue weighted by atomic mass is 127. The zero-order valence-electron chi connectivity index (χ0n) is 17.2. The topological polar surface area (TPSA) is 77.0 Å². The third kappa shape index (κ3) is 8.39. The molecule has 2 aliphatic rings. The second kappa shape index (κ2) is 12.1. The number of nitrogens with zero attached hydrogens (tertiary/aromatic N) is 3. The quantitative estimate of drug-likeness (QED) is 0.236. The van der Waals surface area contributed by atoms with Gasteiger partial charge >= 0.3 is 0 Å². The third-order valence-electron chi connectivity index (χ3n) is 5.45. The van der Waals surface area contributed by atoms with Crippen molar-refractivity contribution < 1.29 is 8.42 Å². The Labute approximate surface area is 192 Å². The predicted molar refractivity (Wildman–Crippen MR) is 130 cm³/mol. The Balaban J connectivity index is 0.00000300. The first-order chi connectivity index (χ1) is 13.5. The average Bonchev–Trinajstić information content (AvgIpc) is 3.04. The van der Waals surface area contributed by atoms with Crippen LogP contribution in [0.15, 0.2) is 35.3 Å². The summed E-state index contributed by atoms with van der Waals surface area (Å²) in [4.78, 5) is 9.25. The van der Waals surface area contributed by atoms with Crippen LogP contribution in [-0.4, -0.2) is 88.0 Å². The Morgan fingerprint density at radius 3 is 2.45 bits per heavy atom. The molecule has 0 bridgehead atoms. The summed E-state index contributed by atoms with van der Waals surface area (Å²) in [5, 5.41) is 6.54. The molecule has 1 aromatic rings. The fraction of sp³-hybridized carbons (Fsp3) is 0.650. The number of aliphatic imine (C=N–C) groups is 1. The second-order valence-corrected chi connectivity index (χ2v) is 9.93. The van der Waals surface area contributed by atoms with Crippen LogP contribution >= 0.6 is 24.0 Å². The van der Waals surface area contributed by atoms with Crippen LogP contribution in [0.4, 0.5) is 0 Å². The van der Waals surface area contributed by atoms with E-state index in [4.69, 9.17) is 0 Å². The molecule has 0 aliphatic carbocycles. The maximum Gasteiger partial charge on any atom is 0.191 e. The molecule has 0 amide bonds. The fourth-order valence-electron chi connectivity index (χ4n) is 3.82. The first-order valence-electron chi connectivity index (χ1n) is 10.2. The lowest BCUT2D eigenvalue weighted by atomic mass is 10.2. The van der Waals surface area contributed by atoms with Crippen molar-refractivity contribution in [3.8, 4) is 0 Å². The number of benzene rings is 1. The first kappa shape index (κ1) is 24.4. The maximum absolute atomic E-state index is 11.6.